The largest absolute Gasteiger partial charge is 0.355 e. The highest BCUT2D eigenvalue weighted by molar-refractivity contribution is 5.93. The number of nitrogens with one attached hydrogen (secondary N) is 1. The molecule has 0 fully saturated rings. The Morgan fingerprint density at radius 3 is 2.58 bits per heavy atom. The molecule has 0 aliphatic rings. The summed E-state index contributed by atoms with van der Waals surface area (Å²) in [5.41, 5.74) is 3.66. The Kier molecular flexibility index (Phi) is 4.75. The Labute approximate surface area is 141 Å². The van der Waals surface area contributed by atoms with Gasteiger partial charge in [0, 0.05) is 18.2 Å². The summed E-state index contributed by atoms with van der Waals surface area (Å²) in [6.45, 7) is 4.73. The third kappa shape index (κ3) is 3.54. The fourth-order valence-corrected chi connectivity index (χ4v) is 2.71. The number of hydrogen-bond acceptors (Lipinski definition) is 3. The Balaban J connectivity index is 1.64. The van der Waals surface area contributed by atoms with Crippen LogP contribution in [0.25, 0.3) is 11.3 Å². The Bertz CT molecular complexity index is 824. The first kappa shape index (κ1) is 16.0. The van der Waals surface area contributed by atoms with Gasteiger partial charge in [-0.25, -0.2) is 0 Å². The van der Waals surface area contributed by atoms with Gasteiger partial charge in [-0.1, -0.05) is 66.7 Å². The van der Waals surface area contributed by atoms with Crippen LogP contribution >= 0.6 is 0 Å². The monoisotopic (exact) mass is 320 g/mol. The number of nitrogens with zero attached hydrogens (tertiary/aromatic N) is 1. The van der Waals surface area contributed by atoms with Gasteiger partial charge in [-0.2, -0.15) is 0 Å². The second-order valence-electron chi connectivity index (χ2n) is 5.91. The van der Waals surface area contributed by atoms with E-state index in [0.29, 0.717) is 18.0 Å². The summed E-state index contributed by atoms with van der Waals surface area (Å²) in [5, 5.41) is 6.80. The van der Waals surface area contributed by atoms with E-state index < -0.39 is 0 Å². The highest BCUT2D eigenvalue weighted by Crippen LogP contribution is 2.20. The van der Waals surface area contributed by atoms with Crippen LogP contribution in [0.2, 0.25) is 0 Å². The van der Waals surface area contributed by atoms with Crippen molar-refractivity contribution < 1.29 is 9.32 Å². The maximum absolute atomic E-state index is 12.3. The molecule has 0 bridgehead atoms. The molecule has 1 amide bonds. The molecule has 1 N–H and O–H groups in total. The number of hydrogen-bond donors (Lipinski definition) is 1. The fourth-order valence-electron chi connectivity index (χ4n) is 2.71. The van der Waals surface area contributed by atoms with Crippen LogP contribution in [0.15, 0.2) is 65.2 Å². The van der Waals surface area contributed by atoms with Crippen LogP contribution < -0.4 is 5.32 Å². The van der Waals surface area contributed by atoms with Gasteiger partial charge in [-0.05, 0) is 24.0 Å². The lowest BCUT2D eigenvalue weighted by atomic mass is 9.96. The molecule has 1 aromatic heterocycles. The van der Waals surface area contributed by atoms with Crippen molar-refractivity contribution >= 4 is 5.91 Å². The molecular weight excluding hydrogens is 300 g/mol. The Hall–Kier alpha value is -2.88. The minimum Gasteiger partial charge on any atom is -0.355 e. The van der Waals surface area contributed by atoms with Crippen molar-refractivity contribution in [1.82, 2.24) is 10.5 Å². The Morgan fingerprint density at radius 1 is 1.12 bits per heavy atom. The standard InChI is InChI=1S/C20H20N2O2/c1-14-8-6-7-11-17(14)15(2)13-21-20(23)18-12-19(24-22-18)16-9-4-3-5-10-16/h3-12,15H,13H2,1-2H3,(H,21,23)/t15-/m0/s1. The van der Waals surface area contributed by atoms with Crippen molar-refractivity contribution in [2.24, 2.45) is 0 Å². The van der Waals surface area contributed by atoms with Crippen LogP contribution in [0.1, 0.15) is 34.5 Å². The zero-order valence-corrected chi connectivity index (χ0v) is 13.8. The van der Waals surface area contributed by atoms with Crippen molar-refractivity contribution in [2.45, 2.75) is 19.8 Å². The van der Waals surface area contributed by atoms with Crippen LogP contribution in [0.4, 0.5) is 0 Å². The van der Waals surface area contributed by atoms with Crippen LogP contribution in [0.5, 0.6) is 0 Å². The van der Waals surface area contributed by atoms with Gasteiger partial charge in [-0.3, -0.25) is 4.79 Å². The first-order valence-electron chi connectivity index (χ1n) is 8.01. The van der Waals surface area contributed by atoms with E-state index in [-0.39, 0.29) is 11.8 Å². The van der Waals surface area contributed by atoms with Crippen LogP contribution in [0.3, 0.4) is 0 Å². The van der Waals surface area contributed by atoms with Gasteiger partial charge in [0.25, 0.3) is 5.91 Å². The predicted molar refractivity (Wildman–Crippen MR) is 93.9 cm³/mol. The fraction of sp³-hybridized carbons (Fsp3) is 0.200. The molecule has 1 atom stereocenters. The molecule has 1 heterocycles. The molecule has 0 unspecified atom stereocenters. The Morgan fingerprint density at radius 2 is 1.83 bits per heavy atom. The molecule has 2 aromatic carbocycles. The quantitative estimate of drug-likeness (QED) is 0.767. The molecule has 0 saturated carbocycles. The van der Waals surface area contributed by atoms with E-state index in [1.165, 1.54) is 11.1 Å². The van der Waals surface area contributed by atoms with Crippen LogP contribution in [-0.4, -0.2) is 17.6 Å². The summed E-state index contributed by atoms with van der Waals surface area (Å²) in [6.07, 6.45) is 0. The summed E-state index contributed by atoms with van der Waals surface area (Å²) >= 11 is 0. The number of aromatic nitrogens is 1. The van der Waals surface area contributed by atoms with Gasteiger partial charge < -0.3 is 9.84 Å². The zero-order valence-electron chi connectivity index (χ0n) is 13.8. The maximum atomic E-state index is 12.3. The summed E-state index contributed by atoms with van der Waals surface area (Å²) in [4.78, 5) is 12.3. The van der Waals surface area contributed by atoms with E-state index in [0.717, 1.165) is 5.56 Å². The number of carbonyl (C=O) groups excluding carboxylic acids is 1. The first-order chi connectivity index (χ1) is 11.6. The molecule has 0 radical (unpaired) electrons. The van der Waals surface area contributed by atoms with Crippen molar-refractivity contribution in [1.29, 1.82) is 0 Å². The van der Waals surface area contributed by atoms with Gasteiger partial charge >= 0.3 is 0 Å². The van der Waals surface area contributed by atoms with Gasteiger partial charge in [0.2, 0.25) is 0 Å². The van der Waals surface area contributed by atoms with Crippen LogP contribution in [0, 0.1) is 6.92 Å². The third-order valence-corrected chi connectivity index (χ3v) is 4.09. The zero-order chi connectivity index (χ0) is 16.9. The van der Waals surface area contributed by atoms with E-state index in [1.807, 2.05) is 42.5 Å². The van der Waals surface area contributed by atoms with E-state index in [2.05, 4.69) is 36.5 Å². The second kappa shape index (κ2) is 7.13. The van der Waals surface area contributed by atoms with Crippen molar-refractivity contribution in [3.05, 3.63) is 77.5 Å². The second-order valence-corrected chi connectivity index (χ2v) is 5.91. The molecule has 0 saturated heterocycles. The average Bonchev–Trinajstić information content (AvgIpc) is 3.11. The third-order valence-electron chi connectivity index (χ3n) is 4.09. The van der Waals surface area contributed by atoms with Crippen molar-refractivity contribution in [3.63, 3.8) is 0 Å². The molecule has 3 aromatic rings. The number of amides is 1. The number of rotatable bonds is 5. The van der Waals surface area contributed by atoms with Crippen molar-refractivity contribution in [3.8, 4) is 11.3 Å². The van der Waals surface area contributed by atoms with Gasteiger partial charge in [0.15, 0.2) is 11.5 Å². The van der Waals surface area contributed by atoms with Gasteiger partial charge in [0.1, 0.15) is 0 Å². The smallest absolute Gasteiger partial charge is 0.273 e. The van der Waals surface area contributed by atoms with E-state index in [1.54, 1.807) is 6.07 Å². The van der Waals surface area contributed by atoms with Crippen molar-refractivity contribution in [2.75, 3.05) is 6.54 Å². The number of aryl methyl sites for hydroxylation is 1. The lowest BCUT2D eigenvalue weighted by molar-refractivity contribution is 0.0942. The lowest BCUT2D eigenvalue weighted by Crippen LogP contribution is -2.27. The number of carbonyl (C=O) groups is 1. The molecule has 4 heteroatoms. The summed E-state index contributed by atoms with van der Waals surface area (Å²) in [6, 6.07) is 19.5. The number of benzene rings is 2. The summed E-state index contributed by atoms with van der Waals surface area (Å²) in [5.74, 6) is 0.602. The van der Waals surface area contributed by atoms with E-state index in [9.17, 15) is 4.79 Å². The molecule has 0 aliphatic carbocycles. The molecular formula is C20H20N2O2. The van der Waals surface area contributed by atoms with Gasteiger partial charge in [-0.15, -0.1) is 0 Å². The normalized spacial score (nSPS) is 11.9. The molecule has 4 nitrogen and oxygen atoms in total. The van der Waals surface area contributed by atoms with Crippen LogP contribution in [-0.2, 0) is 0 Å². The molecule has 0 aliphatic heterocycles. The molecule has 122 valence electrons. The minimum atomic E-state index is -0.221. The van der Waals surface area contributed by atoms with E-state index >= 15 is 0 Å². The predicted octanol–water partition coefficient (Wildman–Crippen LogP) is 4.18. The first-order valence-corrected chi connectivity index (χ1v) is 8.01. The van der Waals surface area contributed by atoms with E-state index in [4.69, 9.17) is 4.52 Å². The SMILES string of the molecule is Cc1ccccc1[C@@H](C)CNC(=O)c1cc(-c2ccccc2)on1. The topological polar surface area (TPSA) is 55.1 Å². The summed E-state index contributed by atoms with van der Waals surface area (Å²) < 4.78 is 5.27. The highest BCUT2D eigenvalue weighted by Gasteiger charge is 2.15. The molecule has 24 heavy (non-hydrogen) atoms. The lowest BCUT2D eigenvalue weighted by Gasteiger charge is -2.14. The average molecular weight is 320 g/mol. The molecule has 0 spiro atoms. The molecule has 3 rings (SSSR count). The maximum Gasteiger partial charge on any atom is 0.273 e. The van der Waals surface area contributed by atoms with Gasteiger partial charge in [0.05, 0.1) is 0 Å². The highest BCUT2D eigenvalue weighted by atomic mass is 16.5. The summed E-state index contributed by atoms with van der Waals surface area (Å²) in [7, 11) is 0. The minimum absolute atomic E-state index is 0.221.